The summed E-state index contributed by atoms with van der Waals surface area (Å²) in [6, 6.07) is 41.8. The van der Waals surface area contributed by atoms with Gasteiger partial charge in [-0.05, 0) is 68.6 Å². The molecule has 0 amide bonds. The second kappa shape index (κ2) is 8.37. The van der Waals surface area contributed by atoms with Crippen molar-refractivity contribution in [3.8, 4) is 33.7 Å². The van der Waals surface area contributed by atoms with Gasteiger partial charge in [-0.15, -0.1) is 0 Å². The Balaban J connectivity index is 1.56. The molecule has 0 unspecified atom stereocenters. The number of halogens is 1. The number of hydrogen-bond donors (Lipinski definition) is 0. The van der Waals surface area contributed by atoms with E-state index in [0.29, 0.717) is 10.9 Å². The first-order valence-corrected chi connectivity index (χ1v) is 12.3. The van der Waals surface area contributed by atoms with Gasteiger partial charge in [0.15, 0.2) is 5.58 Å². The zero-order valence-electron chi connectivity index (χ0n) is 19.3. The molecule has 0 bridgehead atoms. The molecular weight excluding hydrogens is 462 g/mol. The second-order valence-corrected chi connectivity index (χ2v) is 9.39. The maximum absolute atomic E-state index is 6.39. The maximum Gasteiger partial charge on any atom is 0.227 e. The Morgan fingerprint density at radius 3 is 1.92 bits per heavy atom. The summed E-state index contributed by atoms with van der Waals surface area (Å²) in [7, 11) is 0. The van der Waals surface area contributed by atoms with Gasteiger partial charge in [0, 0.05) is 16.1 Å². The first-order chi connectivity index (χ1) is 17.7. The Hall–Kier alpha value is -4.40. The summed E-state index contributed by atoms with van der Waals surface area (Å²) < 4.78 is 6.39. The summed E-state index contributed by atoms with van der Waals surface area (Å²) in [6.45, 7) is 0. The molecule has 0 fully saturated rings. The minimum Gasteiger partial charge on any atom is -0.436 e. The van der Waals surface area contributed by atoms with Crippen LogP contribution < -0.4 is 0 Å². The van der Waals surface area contributed by atoms with Crippen LogP contribution in [0.3, 0.4) is 0 Å². The van der Waals surface area contributed by atoms with Gasteiger partial charge >= 0.3 is 0 Å². The maximum atomic E-state index is 6.39. The van der Waals surface area contributed by atoms with E-state index in [1.807, 2.05) is 24.3 Å². The summed E-state index contributed by atoms with van der Waals surface area (Å²) >= 11 is 6.28. The minimum absolute atomic E-state index is 0.559. The van der Waals surface area contributed by atoms with Crippen molar-refractivity contribution < 1.29 is 4.42 Å². The number of benzene rings is 6. The normalized spacial score (nSPS) is 11.5. The Kier molecular flexibility index (Phi) is 4.87. The predicted molar refractivity (Wildman–Crippen MR) is 150 cm³/mol. The minimum atomic E-state index is 0.559. The van der Waals surface area contributed by atoms with Crippen LogP contribution in [0.25, 0.3) is 66.4 Å². The number of fused-ring (bicyclic) bond motifs is 3. The zero-order valence-corrected chi connectivity index (χ0v) is 20.0. The highest BCUT2D eigenvalue weighted by molar-refractivity contribution is 6.30. The van der Waals surface area contributed by atoms with Crippen molar-refractivity contribution in [3.05, 3.63) is 126 Å². The number of oxazole rings is 1. The van der Waals surface area contributed by atoms with Gasteiger partial charge in [-0.2, -0.15) is 0 Å². The van der Waals surface area contributed by atoms with Crippen molar-refractivity contribution in [2.75, 3.05) is 0 Å². The first-order valence-electron chi connectivity index (χ1n) is 11.9. The van der Waals surface area contributed by atoms with Crippen molar-refractivity contribution in [2.24, 2.45) is 0 Å². The van der Waals surface area contributed by atoms with Crippen LogP contribution in [-0.4, -0.2) is 4.98 Å². The van der Waals surface area contributed by atoms with Crippen molar-refractivity contribution in [1.82, 2.24) is 4.98 Å². The highest BCUT2D eigenvalue weighted by Gasteiger charge is 2.18. The van der Waals surface area contributed by atoms with Gasteiger partial charge in [0.25, 0.3) is 0 Å². The summed E-state index contributed by atoms with van der Waals surface area (Å²) in [5.41, 5.74) is 6.88. The van der Waals surface area contributed by atoms with Crippen LogP contribution in [0, 0.1) is 0 Å². The smallest absolute Gasteiger partial charge is 0.227 e. The molecule has 7 aromatic rings. The van der Waals surface area contributed by atoms with Gasteiger partial charge in [-0.1, -0.05) is 103 Å². The lowest BCUT2D eigenvalue weighted by molar-refractivity contribution is 0.620. The molecule has 0 spiro atoms. The molecule has 2 nitrogen and oxygen atoms in total. The molecular formula is C33H20ClNO. The van der Waals surface area contributed by atoms with Crippen LogP contribution in [0.2, 0.25) is 5.02 Å². The summed E-state index contributed by atoms with van der Waals surface area (Å²) in [4.78, 5) is 4.98. The van der Waals surface area contributed by atoms with Crippen LogP contribution >= 0.6 is 11.6 Å². The Bertz CT molecular complexity index is 1910. The Labute approximate surface area is 213 Å². The lowest BCUT2D eigenvalue weighted by Gasteiger charge is -2.11. The van der Waals surface area contributed by atoms with Crippen molar-refractivity contribution in [2.45, 2.75) is 0 Å². The van der Waals surface area contributed by atoms with E-state index in [0.717, 1.165) is 38.9 Å². The van der Waals surface area contributed by atoms with Crippen molar-refractivity contribution in [3.63, 3.8) is 0 Å². The van der Waals surface area contributed by atoms with Crippen molar-refractivity contribution >= 4 is 44.2 Å². The monoisotopic (exact) mass is 481 g/mol. The second-order valence-electron chi connectivity index (χ2n) is 8.95. The highest BCUT2D eigenvalue weighted by Crippen LogP contribution is 2.40. The predicted octanol–water partition coefficient (Wildman–Crippen LogP) is 9.79. The lowest BCUT2D eigenvalue weighted by atomic mass is 9.92. The topological polar surface area (TPSA) is 26.0 Å². The van der Waals surface area contributed by atoms with Crippen LogP contribution in [-0.2, 0) is 0 Å². The van der Waals surface area contributed by atoms with Crippen LogP contribution in [0.1, 0.15) is 0 Å². The molecule has 0 saturated carbocycles. The molecule has 0 aliphatic heterocycles. The fourth-order valence-corrected chi connectivity index (χ4v) is 5.26. The van der Waals surface area contributed by atoms with Gasteiger partial charge in [0.2, 0.25) is 5.89 Å². The molecule has 0 saturated heterocycles. The van der Waals surface area contributed by atoms with Gasteiger partial charge < -0.3 is 4.42 Å². The third kappa shape index (κ3) is 3.46. The van der Waals surface area contributed by atoms with Crippen LogP contribution in [0.4, 0.5) is 0 Å². The van der Waals surface area contributed by atoms with E-state index < -0.39 is 0 Å². The van der Waals surface area contributed by atoms with E-state index in [1.54, 1.807) is 0 Å². The third-order valence-electron chi connectivity index (χ3n) is 6.75. The summed E-state index contributed by atoms with van der Waals surface area (Å²) in [5.74, 6) is 0.559. The van der Waals surface area contributed by atoms with E-state index in [-0.39, 0.29) is 0 Å². The van der Waals surface area contributed by atoms with Crippen LogP contribution in [0.5, 0.6) is 0 Å². The highest BCUT2D eigenvalue weighted by atomic mass is 35.5. The molecule has 1 heterocycles. The zero-order chi connectivity index (χ0) is 24.1. The Morgan fingerprint density at radius 1 is 0.528 bits per heavy atom. The van der Waals surface area contributed by atoms with E-state index in [2.05, 4.69) is 97.1 Å². The average Bonchev–Trinajstić information content (AvgIpc) is 3.36. The molecule has 0 atom stereocenters. The largest absolute Gasteiger partial charge is 0.436 e. The quantitative estimate of drug-likeness (QED) is 0.251. The van der Waals surface area contributed by atoms with E-state index in [4.69, 9.17) is 21.0 Å². The Morgan fingerprint density at radius 2 is 1.17 bits per heavy atom. The number of rotatable bonds is 3. The van der Waals surface area contributed by atoms with E-state index in [1.165, 1.54) is 21.5 Å². The molecule has 6 aromatic carbocycles. The standard InChI is InChI=1S/C33H20ClNO/c34-25-13-5-12-23(18-25)33-35-32-30(29-17-7-11-22-9-2-4-15-27(22)29)19-24(20-31(32)36-33)28-16-6-10-21-8-1-3-14-26(21)28/h1-20H. The van der Waals surface area contributed by atoms with Gasteiger partial charge in [-0.3, -0.25) is 0 Å². The molecule has 0 aliphatic rings. The fraction of sp³-hybridized carbons (Fsp3) is 0. The van der Waals surface area contributed by atoms with Gasteiger partial charge in [0.05, 0.1) is 0 Å². The first kappa shape index (κ1) is 20.9. The number of nitrogens with zero attached hydrogens (tertiary/aromatic N) is 1. The molecule has 170 valence electrons. The van der Waals surface area contributed by atoms with Gasteiger partial charge in [-0.25, -0.2) is 4.98 Å². The van der Waals surface area contributed by atoms with Crippen LogP contribution in [0.15, 0.2) is 126 Å². The SMILES string of the molecule is Clc1cccc(-c2nc3c(-c4cccc5ccccc45)cc(-c4cccc5ccccc45)cc3o2)c1. The van der Waals surface area contributed by atoms with Gasteiger partial charge in [0.1, 0.15) is 5.52 Å². The molecule has 7 rings (SSSR count). The van der Waals surface area contributed by atoms with Crippen molar-refractivity contribution in [1.29, 1.82) is 0 Å². The van der Waals surface area contributed by atoms with E-state index >= 15 is 0 Å². The molecule has 0 radical (unpaired) electrons. The molecule has 0 N–H and O–H groups in total. The summed E-state index contributed by atoms with van der Waals surface area (Å²) in [6.07, 6.45) is 0. The molecule has 3 heteroatoms. The fourth-order valence-electron chi connectivity index (χ4n) is 5.07. The summed E-state index contributed by atoms with van der Waals surface area (Å²) in [5, 5.41) is 5.44. The number of hydrogen-bond acceptors (Lipinski definition) is 2. The number of aromatic nitrogens is 1. The molecule has 1 aromatic heterocycles. The molecule has 0 aliphatic carbocycles. The average molecular weight is 482 g/mol. The molecule has 36 heavy (non-hydrogen) atoms. The lowest BCUT2D eigenvalue weighted by Crippen LogP contribution is -1.87. The van der Waals surface area contributed by atoms with E-state index in [9.17, 15) is 0 Å². The third-order valence-corrected chi connectivity index (χ3v) is 6.98.